The number of aryl methyl sites for hydroxylation is 1. The van der Waals surface area contributed by atoms with Crippen molar-refractivity contribution >= 4 is 17.3 Å². The Labute approximate surface area is 74.9 Å². The zero-order valence-corrected chi connectivity index (χ0v) is 7.51. The van der Waals surface area contributed by atoms with Crippen molar-refractivity contribution in [3.8, 4) is 0 Å². The average Bonchev–Trinajstić information content (AvgIpc) is 2.07. The summed E-state index contributed by atoms with van der Waals surface area (Å²) in [5, 5.41) is 3.88. The minimum Gasteiger partial charge on any atom is -0.396 e. The van der Waals surface area contributed by atoms with E-state index in [0.29, 0.717) is 6.54 Å². The van der Waals surface area contributed by atoms with Crippen molar-refractivity contribution in [1.82, 2.24) is 9.78 Å². The summed E-state index contributed by atoms with van der Waals surface area (Å²) in [4.78, 5) is 11.3. The molecule has 0 spiro atoms. The Morgan fingerprint density at radius 3 is 3.00 bits per heavy atom. The SMILES string of the molecule is CCCn1ncc(N)c(Cl)c1=O. The Morgan fingerprint density at radius 1 is 1.75 bits per heavy atom. The van der Waals surface area contributed by atoms with Crippen molar-refractivity contribution in [2.24, 2.45) is 0 Å². The van der Waals surface area contributed by atoms with Gasteiger partial charge in [0, 0.05) is 6.54 Å². The number of nitrogen functional groups attached to an aromatic ring is 1. The van der Waals surface area contributed by atoms with Gasteiger partial charge in [-0.25, -0.2) is 4.68 Å². The lowest BCUT2D eigenvalue weighted by molar-refractivity contribution is 0.569. The van der Waals surface area contributed by atoms with Gasteiger partial charge in [0.05, 0.1) is 11.9 Å². The van der Waals surface area contributed by atoms with Gasteiger partial charge >= 0.3 is 0 Å². The van der Waals surface area contributed by atoms with E-state index in [1.54, 1.807) is 0 Å². The monoisotopic (exact) mass is 187 g/mol. The minimum absolute atomic E-state index is 0.0541. The van der Waals surface area contributed by atoms with E-state index >= 15 is 0 Å². The Morgan fingerprint density at radius 2 is 2.42 bits per heavy atom. The van der Waals surface area contributed by atoms with Crippen LogP contribution in [0.2, 0.25) is 5.02 Å². The molecule has 0 aliphatic carbocycles. The second kappa shape index (κ2) is 3.58. The van der Waals surface area contributed by atoms with Crippen LogP contribution >= 0.6 is 11.6 Å². The molecule has 0 bridgehead atoms. The highest BCUT2D eigenvalue weighted by Gasteiger charge is 2.04. The quantitative estimate of drug-likeness (QED) is 0.748. The molecule has 0 aliphatic rings. The summed E-state index contributed by atoms with van der Waals surface area (Å²) in [6, 6.07) is 0. The molecule has 0 atom stereocenters. The fraction of sp³-hybridized carbons (Fsp3) is 0.429. The maximum atomic E-state index is 11.3. The molecule has 0 aliphatic heterocycles. The normalized spacial score (nSPS) is 10.2. The standard InChI is InChI=1S/C7H10ClN3O/c1-2-3-11-7(12)6(8)5(9)4-10-11/h4H,2-3,9H2,1H3. The number of rotatable bonds is 2. The van der Waals surface area contributed by atoms with Crippen LogP contribution in [-0.2, 0) is 6.54 Å². The molecule has 0 amide bonds. The van der Waals surface area contributed by atoms with E-state index in [-0.39, 0.29) is 16.3 Å². The van der Waals surface area contributed by atoms with Crippen molar-refractivity contribution in [2.45, 2.75) is 19.9 Å². The summed E-state index contributed by atoms with van der Waals surface area (Å²) in [5.74, 6) is 0. The molecule has 2 N–H and O–H groups in total. The molecule has 0 saturated carbocycles. The zero-order valence-electron chi connectivity index (χ0n) is 6.75. The van der Waals surface area contributed by atoms with Gasteiger partial charge in [0.15, 0.2) is 0 Å². The topological polar surface area (TPSA) is 60.9 Å². The Kier molecular flexibility index (Phi) is 2.70. The molecule has 1 heterocycles. The van der Waals surface area contributed by atoms with E-state index in [1.807, 2.05) is 6.92 Å². The molecule has 0 aromatic carbocycles. The zero-order chi connectivity index (χ0) is 9.14. The van der Waals surface area contributed by atoms with Crippen LogP contribution in [0.1, 0.15) is 13.3 Å². The van der Waals surface area contributed by atoms with Gasteiger partial charge in [0.2, 0.25) is 0 Å². The summed E-state index contributed by atoms with van der Waals surface area (Å²) in [7, 11) is 0. The Balaban J connectivity index is 3.18. The van der Waals surface area contributed by atoms with Gasteiger partial charge in [-0.1, -0.05) is 18.5 Å². The van der Waals surface area contributed by atoms with Gasteiger partial charge in [-0.3, -0.25) is 4.79 Å². The molecule has 66 valence electrons. The maximum absolute atomic E-state index is 11.3. The fourth-order valence-electron chi connectivity index (χ4n) is 0.849. The highest BCUT2D eigenvalue weighted by atomic mass is 35.5. The largest absolute Gasteiger partial charge is 0.396 e. The first kappa shape index (κ1) is 9.06. The van der Waals surface area contributed by atoms with Crippen LogP contribution in [0.15, 0.2) is 11.0 Å². The number of hydrogen-bond donors (Lipinski definition) is 1. The lowest BCUT2D eigenvalue weighted by Gasteiger charge is -2.02. The van der Waals surface area contributed by atoms with Crippen LogP contribution in [0.4, 0.5) is 5.69 Å². The molecule has 0 unspecified atom stereocenters. The highest BCUT2D eigenvalue weighted by molar-refractivity contribution is 6.32. The second-order valence-electron chi connectivity index (χ2n) is 2.44. The summed E-state index contributed by atoms with van der Waals surface area (Å²) >= 11 is 5.62. The third-order valence-electron chi connectivity index (χ3n) is 1.45. The van der Waals surface area contributed by atoms with Crippen molar-refractivity contribution in [1.29, 1.82) is 0 Å². The molecule has 1 aromatic rings. The van der Waals surface area contributed by atoms with Gasteiger partial charge in [-0.2, -0.15) is 5.10 Å². The van der Waals surface area contributed by atoms with E-state index in [2.05, 4.69) is 5.10 Å². The summed E-state index contributed by atoms with van der Waals surface area (Å²) in [5.41, 5.74) is 5.29. The molecule has 0 radical (unpaired) electrons. The first-order valence-electron chi connectivity index (χ1n) is 3.68. The minimum atomic E-state index is -0.321. The van der Waals surface area contributed by atoms with E-state index in [9.17, 15) is 4.79 Å². The van der Waals surface area contributed by atoms with E-state index in [4.69, 9.17) is 17.3 Å². The molecule has 0 fully saturated rings. The number of aromatic nitrogens is 2. The first-order valence-corrected chi connectivity index (χ1v) is 4.05. The summed E-state index contributed by atoms with van der Waals surface area (Å²) < 4.78 is 1.30. The van der Waals surface area contributed by atoms with Crippen molar-refractivity contribution in [3.05, 3.63) is 21.6 Å². The molecule has 0 saturated heterocycles. The first-order chi connectivity index (χ1) is 5.66. The lowest BCUT2D eigenvalue weighted by atomic mass is 10.4. The molecule has 4 nitrogen and oxygen atoms in total. The third-order valence-corrected chi connectivity index (χ3v) is 1.83. The third kappa shape index (κ3) is 1.58. The van der Waals surface area contributed by atoms with Gasteiger partial charge in [-0.05, 0) is 6.42 Å². The predicted molar refractivity (Wildman–Crippen MR) is 48.2 cm³/mol. The van der Waals surface area contributed by atoms with Gasteiger partial charge in [-0.15, -0.1) is 0 Å². The smallest absolute Gasteiger partial charge is 0.287 e. The predicted octanol–water partition coefficient (Wildman–Crippen LogP) is 0.889. The second-order valence-corrected chi connectivity index (χ2v) is 2.82. The van der Waals surface area contributed by atoms with Gasteiger partial charge < -0.3 is 5.73 Å². The fourth-order valence-corrected chi connectivity index (χ4v) is 0.995. The van der Waals surface area contributed by atoms with Crippen molar-refractivity contribution in [2.75, 3.05) is 5.73 Å². The molecular weight excluding hydrogens is 178 g/mol. The van der Waals surface area contributed by atoms with Crippen LogP contribution in [-0.4, -0.2) is 9.78 Å². The molecule has 5 heteroatoms. The van der Waals surface area contributed by atoms with E-state index < -0.39 is 0 Å². The average molecular weight is 188 g/mol. The summed E-state index contributed by atoms with van der Waals surface area (Å²) in [6.45, 7) is 2.53. The Bertz CT molecular complexity index is 334. The number of hydrogen-bond acceptors (Lipinski definition) is 3. The number of nitrogens with zero attached hydrogens (tertiary/aromatic N) is 2. The van der Waals surface area contributed by atoms with Crippen LogP contribution in [0.3, 0.4) is 0 Å². The van der Waals surface area contributed by atoms with Crippen LogP contribution in [0.25, 0.3) is 0 Å². The number of anilines is 1. The molecule has 1 aromatic heterocycles. The Hall–Kier alpha value is -1.03. The number of nitrogens with two attached hydrogens (primary N) is 1. The van der Waals surface area contributed by atoms with E-state index in [0.717, 1.165) is 6.42 Å². The van der Waals surface area contributed by atoms with Crippen LogP contribution < -0.4 is 11.3 Å². The van der Waals surface area contributed by atoms with Crippen molar-refractivity contribution in [3.63, 3.8) is 0 Å². The molecule has 12 heavy (non-hydrogen) atoms. The van der Waals surface area contributed by atoms with E-state index in [1.165, 1.54) is 10.9 Å². The molecule has 1 rings (SSSR count). The molecular formula is C7H10ClN3O. The van der Waals surface area contributed by atoms with Crippen molar-refractivity contribution < 1.29 is 0 Å². The number of halogens is 1. The van der Waals surface area contributed by atoms with Gasteiger partial charge in [0.25, 0.3) is 5.56 Å². The maximum Gasteiger partial charge on any atom is 0.287 e. The van der Waals surface area contributed by atoms with Gasteiger partial charge in [0.1, 0.15) is 5.02 Å². The summed E-state index contributed by atoms with van der Waals surface area (Å²) in [6.07, 6.45) is 2.23. The highest BCUT2D eigenvalue weighted by Crippen LogP contribution is 2.09. The lowest BCUT2D eigenvalue weighted by Crippen LogP contribution is -2.23. The van der Waals surface area contributed by atoms with Crippen LogP contribution in [0.5, 0.6) is 0 Å². The van der Waals surface area contributed by atoms with Crippen LogP contribution in [0, 0.1) is 0 Å².